The highest BCUT2D eigenvalue weighted by Crippen LogP contribution is 1.90. The van der Waals surface area contributed by atoms with Crippen LogP contribution in [0.4, 0.5) is 0 Å². The van der Waals surface area contributed by atoms with E-state index in [1.807, 2.05) is 0 Å². The first-order valence-electron chi connectivity index (χ1n) is 3.34. The van der Waals surface area contributed by atoms with Crippen molar-refractivity contribution < 1.29 is 10.2 Å². The van der Waals surface area contributed by atoms with E-state index in [1.165, 1.54) is 11.0 Å². The Bertz CT molecular complexity index is 290. The van der Waals surface area contributed by atoms with E-state index in [9.17, 15) is 0 Å². The van der Waals surface area contributed by atoms with Gasteiger partial charge in [-0.1, -0.05) is 0 Å². The van der Waals surface area contributed by atoms with Gasteiger partial charge in [0.25, 0.3) is 5.82 Å². The van der Waals surface area contributed by atoms with E-state index >= 15 is 0 Å². The van der Waals surface area contributed by atoms with Crippen molar-refractivity contribution in [3.63, 3.8) is 0 Å². The summed E-state index contributed by atoms with van der Waals surface area (Å²) in [6.07, 6.45) is 0.468. The van der Waals surface area contributed by atoms with Crippen molar-refractivity contribution in [1.29, 1.82) is 5.26 Å². The van der Waals surface area contributed by atoms with Crippen molar-refractivity contribution in [2.24, 2.45) is 0 Å². The molecule has 0 amide bonds. The van der Waals surface area contributed by atoms with Crippen LogP contribution >= 0.6 is 0 Å². The van der Waals surface area contributed by atoms with Gasteiger partial charge in [0.1, 0.15) is 12.4 Å². The first-order valence-corrected chi connectivity index (χ1v) is 3.34. The molecule has 1 aromatic heterocycles. The van der Waals surface area contributed by atoms with Crippen LogP contribution in [-0.2, 0) is 6.54 Å². The monoisotopic (exact) mass is 168 g/mol. The number of aromatic nitrogens is 3. The maximum Gasteiger partial charge on any atom is 0.252 e. The molecule has 0 bridgehead atoms. The smallest absolute Gasteiger partial charge is 0.252 e. The third kappa shape index (κ3) is 2.02. The Labute approximate surface area is 68.7 Å². The van der Waals surface area contributed by atoms with Crippen molar-refractivity contribution in [2.45, 2.75) is 12.6 Å². The van der Waals surface area contributed by atoms with Gasteiger partial charge in [-0.15, -0.1) is 5.10 Å². The second-order valence-corrected chi connectivity index (χ2v) is 2.24. The standard InChI is InChI=1S/C6H8N4O2/c7-1-6-8-4-10(9-6)2-5(12)3-11/h4-5,11-12H,2-3H2. The molecular formula is C6H8N4O2. The van der Waals surface area contributed by atoms with Gasteiger partial charge in [-0.3, -0.25) is 0 Å². The lowest BCUT2D eigenvalue weighted by molar-refractivity contribution is 0.0781. The van der Waals surface area contributed by atoms with E-state index in [1.54, 1.807) is 6.07 Å². The van der Waals surface area contributed by atoms with E-state index in [0.29, 0.717) is 0 Å². The van der Waals surface area contributed by atoms with Crippen molar-refractivity contribution in [2.75, 3.05) is 6.61 Å². The van der Waals surface area contributed by atoms with Gasteiger partial charge in [0, 0.05) is 0 Å². The van der Waals surface area contributed by atoms with Crippen LogP contribution < -0.4 is 0 Å². The van der Waals surface area contributed by atoms with Crippen LogP contribution in [-0.4, -0.2) is 37.7 Å². The van der Waals surface area contributed by atoms with Crippen LogP contribution in [0, 0.1) is 11.3 Å². The molecule has 6 nitrogen and oxygen atoms in total. The van der Waals surface area contributed by atoms with Crippen LogP contribution in [0.2, 0.25) is 0 Å². The molecule has 1 rings (SSSR count). The maximum absolute atomic E-state index is 8.97. The summed E-state index contributed by atoms with van der Waals surface area (Å²) < 4.78 is 1.30. The molecule has 0 spiro atoms. The number of aliphatic hydroxyl groups is 2. The van der Waals surface area contributed by atoms with E-state index in [-0.39, 0.29) is 19.0 Å². The van der Waals surface area contributed by atoms with E-state index < -0.39 is 6.10 Å². The van der Waals surface area contributed by atoms with E-state index in [4.69, 9.17) is 15.5 Å². The van der Waals surface area contributed by atoms with Crippen LogP contribution in [0.25, 0.3) is 0 Å². The summed E-state index contributed by atoms with van der Waals surface area (Å²) in [5, 5.41) is 29.5. The van der Waals surface area contributed by atoms with Gasteiger partial charge in [0.15, 0.2) is 0 Å². The van der Waals surface area contributed by atoms with Gasteiger partial charge < -0.3 is 10.2 Å². The lowest BCUT2D eigenvalue weighted by Gasteiger charge is -2.04. The van der Waals surface area contributed by atoms with E-state index in [2.05, 4.69) is 10.1 Å². The number of hydrogen-bond acceptors (Lipinski definition) is 5. The lowest BCUT2D eigenvalue weighted by Crippen LogP contribution is -2.20. The average molecular weight is 168 g/mol. The summed E-state index contributed by atoms with van der Waals surface area (Å²) in [5.41, 5.74) is 0. The third-order valence-electron chi connectivity index (χ3n) is 1.25. The zero-order chi connectivity index (χ0) is 8.97. The number of nitrogens with zero attached hydrogens (tertiary/aromatic N) is 4. The fourth-order valence-electron chi connectivity index (χ4n) is 0.707. The molecule has 0 aliphatic carbocycles. The second kappa shape index (κ2) is 3.80. The number of aliphatic hydroxyl groups excluding tert-OH is 2. The predicted octanol–water partition coefficient (Wildman–Crippen LogP) is -1.50. The summed E-state index contributed by atoms with van der Waals surface area (Å²) in [4.78, 5) is 3.62. The largest absolute Gasteiger partial charge is 0.394 e. The molecule has 1 unspecified atom stereocenters. The molecule has 2 N–H and O–H groups in total. The highest BCUT2D eigenvalue weighted by molar-refractivity contribution is 5.05. The number of hydrogen-bond donors (Lipinski definition) is 2. The van der Waals surface area contributed by atoms with Crippen molar-refractivity contribution in [1.82, 2.24) is 14.8 Å². The number of nitriles is 1. The summed E-state index contributed by atoms with van der Waals surface area (Å²) >= 11 is 0. The van der Waals surface area contributed by atoms with Crippen LogP contribution in [0.1, 0.15) is 5.82 Å². The van der Waals surface area contributed by atoms with Crippen molar-refractivity contribution >= 4 is 0 Å². The predicted molar refractivity (Wildman–Crippen MR) is 37.8 cm³/mol. The Kier molecular flexibility index (Phi) is 2.74. The number of rotatable bonds is 3. The molecule has 6 heteroatoms. The minimum absolute atomic E-state index is 0.0557. The van der Waals surface area contributed by atoms with Gasteiger partial charge in [-0.2, -0.15) is 5.26 Å². The highest BCUT2D eigenvalue weighted by atomic mass is 16.3. The Morgan fingerprint density at radius 3 is 3.00 bits per heavy atom. The molecule has 1 aromatic rings. The van der Waals surface area contributed by atoms with Gasteiger partial charge >= 0.3 is 0 Å². The van der Waals surface area contributed by atoms with E-state index in [0.717, 1.165) is 0 Å². The van der Waals surface area contributed by atoms with Gasteiger partial charge in [-0.25, -0.2) is 9.67 Å². The first-order chi connectivity index (χ1) is 5.76. The lowest BCUT2D eigenvalue weighted by atomic mass is 10.4. The Morgan fingerprint density at radius 2 is 2.50 bits per heavy atom. The Morgan fingerprint density at radius 1 is 1.75 bits per heavy atom. The fourth-order valence-corrected chi connectivity index (χ4v) is 0.707. The molecule has 0 aliphatic rings. The van der Waals surface area contributed by atoms with Crippen molar-refractivity contribution in [3.05, 3.63) is 12.2 Å². The summed E-state index contributed by atoms with van der Waals surface area (Å²) in [6, 6.07) is 1.75. The molecule has 0 saturated heterocycles. The summed E-state index contributed by atoms with van der Waals surface area (Å²) in [7, 11) is 0. The first kappa shape index (κ1) is 8.64. The molecule has 64 valence electrons. The molecule has 12 heavy (non-hydrogen) atoms. The highest BCUT2D eigenvalue weighted by Gasteiger charge is 2.04. The normalized spacial score (nSPS) is 12.4. The Hall–Kier alpha value is -1.45. The van der Waals surface area contributed by atoms with Crippen LogP contribution in [0.3, 0.4) is 0 Å². The summed E-state index contributed by atoms with van der Waals surface area (Å²) in [6.45, 7) is -0.188. The van der Waals surface area contributed by atoms with Crippen LogP contribution in [0.5, 0.6) is 0 Å². The molecule has 0 aromatic carbocycles. The van der Waals surface area contributed by atoms with Crippen LogP contribution in [0.15, 0.2) is 6.33 Å². The average Bonchev–Trinajstić information content (AvgIpc) is 2.52. The second-order valence-electron chi connectivity index (χ2n) is 2.24. The molecule has 0 fully saturated rings. The fraction of sp³-hybridized carbons (Fsp3) is 0.500. The molecular weight excluding hydrogens is 160 g/mol. The molecule has 0 radical (unpaired) electrons. The Balaban J connectivity index is 2.59. The minimum Gasteiger partial charge on any atom is -0.394 e. The molecule has 0 saturated carbocycles. The molecule has 0 aliphatic heterocycles. The molecule has 1 atom stereocenters. The summed E-state index contributed by atoms with van der Waals surface area (Å²) in [5.74, 6) is 0.0557. The topological polar surface area (TPSA) is 95.0 Å². The molecule has 1 heterocycles. The van der Waals surface area contributed by atoms with Gasteiger partial charge in [0.2, 0.25) is 0 Å². The minimum atomic E-state index is -0.863. The van der Waals surface area contributed by atoms with Gasteiger partial charge in [0.05, 0.1) is 19.3 Å². The SMILES string of the molecule is N#Cc1ncn(CC(O)CO)n1. The van der Waals surface area contributed by atoms with Crippen molar-refractivity contribution in [3.8, 4) is 6.07 Å². The maximum atomic E-state index is 8.97. The van der Waals surface area contributed by atoms with Gasteiger partial charge in [-0.05, 0) is 0 Å². The third-order valence-corrected chi connectivity index (χ3v) is 1.25. The quantitative estimate of drug-likeness (QED) is 0.573. The zero-order valence-corrected chi connectivity index (χ0v) is 6.25. The zero-order valence-electron chi connectivity index (χ0n) is 6.25.